The van der Waals surface area contributed by atoms with Crippen molar-refractivity contribution in [2.24, 2.45) is 0 Å². The molecule has 0 saturated heterocycles. The molecule has 0 N–H and O–H groups in total. The molecule has 1 amide bonds. The van der Waals surface area contributed by atoms with E-state index in [0.717, 1.165) is 17.2 Å². The van der Waals surface area contributed by atoms with E-state index >= 15 is 0 Å². The Bertz CT molecular complexity index is 1260. The Hall–Kier alpha value is -3.39. The van der Waals surface area contributed by atoms with E-state index < -0.39 is 28.7 Å². The Morgan fingerprint density at radius 3 is 2.44 bits per heavy atom. The predicted molar refractivity (Wildman–Crippen MR) is 113 cm³/mol. The van der Waals surface area contributed by atoms with Crippen LogP contribution < -0.4 is 0 Å². The van der Waals surface area contributed by atoms with Crippen LogP contribution in [0.1, 0.15) is 39.2 Å². The standard InChI is InChI=1S/C23H16ClF3N4O/c24-18-16(10-5-11-17(18)23(25,26)27)22(32)30-12-13-31-20(15-8-4-9-15)28-29-21(31)19(30)14-6-2-1-3-7-14/h1-11,19H,12-13H2. The lowest BCUT2D eigenvalue weighted by molar-refractivity contribution is -0.137. The molecule has 0 fully saturated rings. The van der Waals surface area contributed by atoms with E-state index in [4.69, 9.17) is 11.6 Å². The van der Waals surface area contributed by atoms with E-state index in [-0.39, 0.29) is 12.1 Å². The minimum absolute atomic E-state index is 0.194. The second-order valence-corrected chi connectivity index (χ2v) is 7.87. The molecule has 0 spiro atoms. The van der Waals surface area contributed by atoms with Crippen molar-refractivity contribution in [3.63, 3.8) is 0 Å². The smallest absolute Gasteiger partial charge is 0.322 e. The van der Waals surface area contributed by atoms with Crippen molar-refractivity contribution in [2.45, 2.75) is 18.8 Å². The van der Waals surface area contributed by atoms with Crippen LogP contribution >= 0.6 is 11.6 Å². The monoisotopic (exact) mass is 456 g/mol. The lowest BCUT2D eigenvalue weighted by Gasteiger charge is -2.36. The third-order valence-electron chi connectivity index (χ3n) is 5.62. The second-order valence-electron chi connectivity index (χ2n) is 7.49. The maximum Gasteiger partial charge on any atom is 0.417 e. The van der Waals surface area contributed by atoms with Gasteiger partial charge in [-0.25, -0.2) is 0 Å². The molecule has 2 aliphatic rings. The Labute approximate surface area is 186 Å². The van der Waals surface area contributed by atoms with Crippen LogP contribution in [0.2, 0.25) is 5.02 Å². The van der Waals surface area contributed by atoms with Gasteiger partial charge in [0, 0.05) is 18.7 Å². The molecule has 1 aliphatic heterocycles. The molecule has 5 nitrogen and oxygen atoms in total. The second kappa shape index (κ2) is 7.63. The third kappa shape index (κ3) is 3.31. The predicted octanol–water partition coefficient (Wildman–Crippen LogP) is 5.15. The molecule has 0 bridgehead atoms. The zero-order valence-electron chi connectivity index (χ0n) is 16.6. The number of amides is 1. The van der Waals surface area contributed by atoms with Crippen LogP contribution in [-0.4, -0.2) is 32.1 Å². The number of hydrogen-bond acceptors (Lipinski definition) is 3. The van der Waals surface area contributed by atoms with Gasteiger partial charge < -0.3 is 9.47 Å². The van der Waals surface area contributed by atoms with Crippen molar-refractivity contribution in [2.75, 3.05) is 6.54 Å². The van der Waals surface area contributed by atoms with Crippen molar-refractivity contribution in [1.29, 1.82) is 0 Å². The summed E-state index contributed by atoms with van der Waals surface area (Å²) < 4.78 is 42.0. The highest BCUT2D eigenvalue weighted by molar-refractivity contribution is 6.34. The van der Waals surface area contributed by atoms with Gasteiger partial charge in [-0.3, -0.25) is 4.79 Å². The van der Waals surface area contributed by atoms with E-state index in [0.29, 0.717) is 18.2 Å². The van der Waals surface area contributed by atoms with Gasteiger partial charge in [-0.1, -0.05) is 66.2 Å². The van der Waals surface area contributed by atoms with Gasteiger partial charge in [0.2, 0.25) is 0 Å². The number of benzene rings is 2. The molecule has 1 aromatic heterocycles. The number of rotatable bonds is 3. The van der Waals surface area contributed by atoms with Crippen LogP contribution in [0.25, 0.3) is 5.57 Å². The molecule has 2 aromatic carbocycles. The fourth-order valence-corrected chi connectivity index (χ4v) is 4.34. The molecule has 0 radical (unpaired) electrons. The van der Waals surface area contributed by atoms with E-state index in [9.17, 15) is 18.0 Å². The highest BCUT2D eigenvalue weighted by atomic mass is 35.5. The minimum Gasteiger partial charge on any atom is -0.322 e. The number of allylic oxidation sites excluding steroid dienone is 4. The number of hydrogen-bond donors (Lipinski definition) is 0. The third-order valence-corrected chi connectivity index (χ3v) is 6.03. The summed E-state index contributed by atoms with van der Waals surface area (Å²) in [5, 5.41) is 8.06. The summed E-state index contributed by atoms with van der Waals surface area (Å²) in [6.07, 6.45) is 1.09. The fourth-order valence-electron chi connectivity index (χ4n) is 4.02. The van der Waals surface area contributed by atoms with E-state index in [1.54, 1.807) is 0 Å². The molecule has 1 aliphatic carbocycles. The number of halogens is 4. The number of carbonyl (C=O) groups is 1. The maximum atomic E-state index is 13.5. The summed E-state index contributed by atoms with van der Waals surface area (Å²) in [6.45, 7) is 0.675. The van der Waals surface area contributed by atoms with Crippen molar-refractivity contribution < 1.29 is 18.0 Å². The first-order valence-corrected chi connectivity index (χ1v) is 10.3. The van der Waals surface area contributed by atoms with Crippen LogP contribution in [0.15, 0.2) is 66.8 Å². The number of alkyl halides is 3. The molecule has 2 heterocycles. The number of nitrogens with zero attached hydrogens (tertiary/aromatic N) is 4. The lowest BCUT2D eigenvalue weighted by Crippen LogP contribution is -2.43. The van der Waals surface area contributed by atoms with Gasteiger partial charge in [-0.15, -0.1) is 10.2 Å². The molecule has 1 atom stereocenters. The first kappa shape index (κ1) is 20.5. The zero-order valence-corrected chi connectivity index (χ0v) is 17.3. The summed E-state index contributed by atoms with van der Waals surface area (Å²) in [7, 11) is 0. The van der Waals surface area contributed by atoms with E-state index in [2.05, 4.69) is 10.2 Å². The summed E-state index contributed by atoms with van der Waals surface area (Å²) in [4.78, 5) is 15.0. The molecule has 1 unspecified atom stereocenters. The first-order chi connectivity index (χ1) is 15.4. The largest absolute Gasteiger partial charge is 0.417 e. The molecule has 32 heavy (non-hydrogen) atoms. The average molecular weight is 457 g/mol. The van der Waals surface area contributed by atoms with Gasteiger partial charge in [0.15, 0.2) is 11.6 Å². The topological polar surface area (TPSA) is 51.0 Å². The Balaban J connectivity index is 1.60. The van der Waals surface area contributed by atoms with Crippen molar-refractivity contribution >= 4 is 23.1 Å². The Morgan fingerprint density at radius 1 is 1.03 bits per heavy atom. The zero-order chi connectivity index (χ0) is 22.5. The quantitative estimate of drug-likeness (QED) is 0.547. The molecule has 9 heteroatoms. The molecule has 162 valence electrons. The average Bonchev–Trinajstić information content (AvgIpc) is 3.15. The maximum absolute atomic E-state index is 13.5. The summed E-state index contributed by atoms with van der Waals surface area (Å²) in [6, 6.07) is 12.0. The summed E-state index contributed by atoms with van der Waals surface area (Å²) in [5.74, 6) is 0.663. The fraction of sp³-hybridized carbons (Fsp3) is 0.174. The van der Waals surface area contributed by atoms with Gasteiger partial charge in [0.25, 0.3) is 5.91 Å². The highest BCUT2D eigenvalue weighted by Gasteiger charge is 2.39. The molecular weight excluding hydrogens is 441 g/mol. The van der Waals surface area contributed by atoms with Crippen molar-refractivity contribution in [1.82, 2.24) is 19.7 Å². The number of carbonyl (C=O) groups excluding carboxylic acids is 1. The summed E-state index contributed by atoms with van der Waals surface area (Å²) >= 11 is 6.06. The number of fused-ring (bicyclic) bond motifs is 1. The van der Waals surface area contributed by atoms with Crippen LogP contribution in [0.4, 0.5) is 13.2 Å². The van der Waals surface area contributed by atoms with Gasteiger partial charge >= 0.3 is 6.18 Å². The van der Waals surface area contributed by atoms with Crippen molar-refractivity contribution in [3.8, 4) is 0 Å². The van der Waals surface area contributed by atoms with E-state index in [1.807, 2.05) is 53.1 Å². The van der Waals surface area contributed by atoms with Crippen LogP contribution in [-0.2, 0) is 12.7 Å². The van der Waals surface area contributed by atoms with Gasteiger partial charge in [0.05, 0.1) is 16.1 Å². The van der Waals surface area contributed by atoms with Gasteiger partial charge in [-0.05, 0) is 17.7 Å². The molecule has 5 rings (SSSR count). The molecule has 3 aromatic rings. The highest BCUT2D eigenvalue weighted by Crippen LogP contribution is 2.39. The van der Waals surface area contributed by atoms with E-state index in [1.165, 1.54) is 17.0 Å². The summed E-state index contributed by atoms with van der Waals surface area (Å²) in [5.41, 5.74) is 0.492. The normalized spacial score (nSPS) is 17.6. The van der Waals surface area contributed by atoms with Gasteiger partial charge in [0.1, 0.15) is 6.04 Å². The lowest BCUT2D eigenvalue weighted by atomic mass is 10.00. The van der Waals surface area contributed by atoms with Crippen LogP contribution in [0, 0.1) is 0 Å². The van der Waals surface area contributed by atoms with Gasteiger partial charge in [-0.2, -0.15) is 13.2 Å². The molecular formula is C23H16ClF3N4O. The molecule has 0 saturated carbocycles. The van der Waals surface area contributed by atoms with Crippen LogP contribution in [0.5, 0.6) is 0 Å². The van der Waals surface area contributed by atoms with Crippen molar-refractivity contribution in [3.05, 3.63) is 100 Å². The Kier molecular flexibility index (Phi) is 4.89. The number of aromatic nitrogens is 3. The minimum atomic E-state index is -4.66. The first-order valence-electron chi connectivity index (χ1n) is 9.89. The Morgan fingerprint density at radius 2 is 1.78 bits per heavy atom. The SMILES string of the molecule is O=C(c1cccc(C(F)(F)F)c1Cl)N1CCn2c(C3=CC=C3)nnc2C1c1ccccc1. The van der Waals surface area contributed by atoms with Crippen LogP contribution in [0.3, 0.4) is 0 Å².